The van der Waals surface area contributed by atoms with Crippen molar-refractivity contribution in [3.63, 3.8) is 0 Å². The highest BCUT2D eigenvalue weighted by atomic mass is 32.1. The summed E-state index contributed by atoms with van der Waals surface area (Å²) < 4.78 is 2.01. The molecule has 146 valence electrons. The van der Waals surface area contributed by atoms with Crippen LogP contribution in [0.25, 0.3) is 10.9 Å². The van der Waals surface area contributed by atoms with E-state index in [2.05, 4.69) is 11.4 Å². The standard InChI is InChI=1S/C22H24N2O3S/c1-2-18(22(26)27)24-19-8-4-3-7-16(19)17-12-14(9-10-20(17)24)23-21(25)13-15-6-5-11-28-15/h3-8,11,14,18H,2,9-10,12-13H2,1H3,(H,23,25)(H,26,27)/t14-,18?/m1/s1. The normalized spacial score (nSPS) is 17.2. The second-order valence-electron chi connectivity index (χ2n) is 7.34. The molecule has 4 rings (SSSR count). The predicted molar refractivity (Wildman–Crippen MR) is 111 cm³/mol. The average Bonchev–Trinajstić information content (AvgIpc) is 3.29. The molecule has 1 aromatic carbocycles. The zero-order chi connectivity index (χ0) is 19.7. The number of aromatic nitrogens is 1. The van der Waals surface area contributed by atoms with Crippen LogP contribution < -0.4 is 5.32 Å². The van der Waals surface area contributed by atoms with E-state index >= 15 is 0 Å². The molecule has 5 nitrogen and oxygen atoms in total. The summed E-state index contributed by atoms with van der Waals surface area (Å²) in [5.41, 5.74) is 3.27. The molecule has 1 amide bonds. The average molecular weight is 397 g/mol. The Morgan fingerprint density at radius 1 is 1.29 bits per heavy atom. The fourth-order valence-electron chi connectivity index (χ4n) is 4.34. The van der Waals surface area contributed by atoms with Gasteiger partial charge >= 0.3 is 5.97 Å². The van der Waals surface area contributed by atoms with E-state index in [4.69, 9.17) is 0 Å². The van der Waals surface area contributed by atoms with Crippen molar-refractivity contribution in [1.29, 1.82) is 0 Å². The zero-order valence-corrected chi connectivity index (χ0v) is 16.7. The van der Waals surface area contributed by atoms with Gasteiger partial charge < -0.3 is 15.0 Å². The molecule has 0 fully saturated rings. The van der Waals surface area contributed by atoms with Gasteiger partial charge in [0, 0.05) is 27.5 Å². The molecule has 1 aliphatic rings. The van der Waals surface area contributed by atoms with E-state index in [1.807, 2.05) is 47.2 Å². The van der Waals surface area contributed by atoms with Gasteiger partial charge in [-0.05, 0) is 48.8 Å². The lowest BCUT2D eigenvalue weighted by Crippen LogP contribution is -2.39. The molecule has 0 bridgehead atoms. The lowest BCUT2D eigenvalue weighted by Gasteiger charge is -2.26. The van der Waals surface area contributed by atoms with Crippen LogP contribution in [0.2, 0.25) is 0 Å². The van der Waals surface area contributed by atoms with E-state index in [0.717, 1.165) is 40.7 Å². The van der Waals surface area contributed by atoms with Gasteiger partial charge in [0.25, 0.3) is 0 Å². The summed E-state index contributed by atoms with van der Waals surface area (Å²) >= 11 is 1.60. The Morgan fingerprint density at radius 2 is 2.11 bits per heavy atom. The van der Waals surface area contributed by atoms with Gasteiger partial charge in [0.1, 0.15) is 6.04 Å². The minimum atomic E-state index is -0.794. The number of carboxylic acids is 1. The Morgan fingerprint density at radius 3 is 2.82 bits per heavy atom. The quantitative estimate of drug-likeness (QED) is 0.663. The number of nitrogens with one attached hydrogen (secondary N) is 1. The molecular formula is C22H24N2O3S. The van der Waals surface area contributed by atoms with Gasteiger partial charge in [0.2, 0.25) is 5.91 Å². The molecule has 0 saturated carbocycles. The van der Waals surface area contributed by atoms with Crippen LogP contribution in [0.3, 0.4) is 0 Å². The SMILES string of the molecule is CCC(C(=O)O)n1c2c(c3ccccc31)C[C@H](NC(=O)Cc1cccs1)CC2. The van der Waals surface area contributed by atoms with Crippen molar-refractivity contribution in [2.45, 2.75) is 51.1 Å². The van der Waals surface area contributed by atoms with Crippen LogP contribution in [0.4, 0.5) is 0 Å². The van der Waals surface area contributed by atoms with E-state index in [1.54, 1.807) is 11.3 Å². The number of carbonyl (C=O) groups is 2. The van der Waals surface area contributed by atoms with Crippen molar-refractivity contribution in [2.75, 3.05) is 0 Å². The molecule has 6 heteroatoms. The molecule has 0 radical (unpaired) electrons. The molecular weight excluding hydrogens is 372 g/mol. The van der Waals surface area contributed by atoms with Crippen LogP contribution in [0.5, 0.6) is 0 Å². The molecule has 1 unspecified atom stereocenters. The number of nitrogens with zero attached hydrogens (tertiary/aromatic N) is 1. The van der Waals surface area contributed by atoms with Crippen LogP contribution in [-0.4, -0.2) is 27.6 Å². The van der Waals surface area contributed by atoms with Gasteiger partial charge in [-0.2, -0.15) is 0 Å². The first-order valence-electron chi connectivity index (χ1n) is 9.73. The van der Waals surface area contributed by atoms with Crippen molar-refractivity contribution >= 4 is 34.1 Å². The lowest BCUT2D eigenvalue weighted by molar-refractivity contribution is -0.141. The number of hydrogen-bond donors (Lipinski definition) is 2. The topological polar surface area (TPSA) is 71.3 Å². The van der Waals surface area contributed by atoms with E-state index < -0.39 is 12.0 Å². The number of thiophene rings is 1. The van der Waals surface area contributed by atoms with Gasteiger partial charge in [-0.1, -0.05) is 31.2 Å². The van der Waals surface area contributed by atoms with Crippen molar-refractivity contribution in [2.24, 2.45) is 0 Å². The number of fused-ring (bicyclic) bond motifs is 3. The maximum Gasteiger partial charge on any atom is 0.326 e. The summed E-state index contributed by atoms with van der Waals surface area (Å²) in [5.74, 6) is -0.742. The van der Waals surface area contributed by atoms with Crippen LogP contribution >= 0.6 is 11.3 Å². The molecule has 0 spiro atoms. The Labute approximate surface area is 168 Å². The van der Waals surface area contributed by atoms with E-state index in [0.29, 0.717) is 12.8 Å². The van der Waals surface area contributed by atoms with Crippen molar-refractivity contribution in [3.05, 3.63) is 57.9 Å². The monoisotopic (exact) mass is 396 g/mol. The Hall–Kier alpha value is -2.60. The van der Waals surface area contributed by atoms with Crippen LogP contribution in [-0.2, 0) is 28.9 Å². The number of aliphatic carboxylic acids is 1. The Kier molecular flexibility index (Phi) is 5.22. The summed E-state index contributed by atoms with van der Waals surface area (Å²) in [6, 6.07) is 11.5. The summed E-state index contributed by atoms with van der Waals surface area (Å²) in [6.45, 7) is 1.91. The van der Waals surface area contributed by atoms with E-state index in [-0.39, 0.29) is 11.9 Å². The number of carboxylic acid groups (broad SMARTS) is 1. The molecule has 0 aliphatic heterocycles. The number of benzene rings is 1. The number of rotatable bonds is 6. The summed E-state index contributed by atoms with van der Waals surface area (Å²) in [4.78, 5) is 25.3. The highest BCUT2D eigenvalue weighted by Gasteiger charge is 2.30. The first kappa shape index (κ1) is 18.7. The highest BCUT2D eigenvalue weighted by Crippen LogP contribution is 2.35. The molecule has 2 atom stereocenters. The number of para-hydroxylation sites is 1. The zero-order valence-electron chi connectivity index (χ0n) is 15.9. The van der Waals surface area contributed by atoms with E-state index in [9.17, 15) is 14.7 Å². The van der Waals surface area contributed by atoms with Crippen LogP contribution in [0.1, 0.15) is 41.9 Å². The summed E-state index contributed by atoms with van der Waals surface area (Å²) in [7, 11) is 0. The second-order valence-corrected chi connectivity index (χ2v) is 8.37. The highest BCUT2D eigenvalue weighted by molar-refractivity contribution is 7.10. The minimum Gasteiger partial charge on any atom is -0.480 e. The predicted octanol–water partition coefficient (Wildman–Crippen LogP) is 3.95. The smallest absolute Gasteiger partial charge is 0.326 e. The van der Waals surface area contributed by atoms with Gasteiger partial charge in [-0.25, -0.2) is 4.79 Å². The minimum absolute atomic E-state index is 0.0524. The second kappa shape index (κ2) is 7.80. The Bertz CT molecular complexity index is 1010. The lowest BCUT2D eigenvalue weighted by atomic mass is 9.91. The molecule has 3 aromatic rings. The molecule has 28 heavy (non-hydrogen) atoms. The molecule has 2 heterocycles. The third-order valence-electron chi connectivity index (χ3n) is 5.57. The van der Waals surface area contributed by atoms with Gasteiger partial charge in [-0.15, -0.1) is 11.3 Å². The first-order valence-corrected chi connectivity index (χ1v) is 10.6. The van der Waals surface area contributed by atoms with Gasteiger partial charge in [-0.3, -0.25) is 4.79 Å². The number of amides is 1. The third kappa shape index (κ3) is 3.44. The molecule has 1 aliphatic carbocycles. The fraction of sp³-hybridized carbons (Fsp3) is 0.364. The number of carbonyl (C=O) groups excluding carboxylic acids is 1. The molecule has 2 N–H and O–H groups in total. The van der Waals surface area contributed by atoms with Crippen molar-refractivity contribution < 1.29 is 14.7 Å². The van der Waals surface area contributed by atoms with Crippen molar-refractivity contribution in [3.8, 4) is 0 Å². The summed E-state index contributed by atoms with van der Waals surface area (Å²) in [6.07, 6.45) is 3.31. The van der Waals surface area contributed by atoms with Crippen molar-refractivity contribution in [1.82, 2.24) is 9.88 Å². The maximum absolute atomic E-state index is 12.4. The first-order chi connectivity index (χ1) is 13.6. The van der Waals surface area contributed by atoms with Gasteiger partial charge in [0.15, 0.2) is 0 Å². The third-order valence-corrected chi connectivity index (χ3v) is 6.45. The van der Waals surface area contributed by atoms with Crippen LogP contribution in [0, 0.1) is 0 Å². The number of hydrogen-bond acceptors (Lipinski definition) is 3. The molecule has 0 saturated heterocycles. The van der Waals surface area contributed by atoms with Crippen LogP contribution in [0.15, 0.2) is 41.8 Å². The fourth-order valence-corrected chi connectivity index (χ4v) is 5.04. The van der Waals surface area contributed by atoms with E-state index in [1.165, 1.54) is 5.56 Å². The largest absolute Gasteiger partial charge is 0.480 e. The Balaban J connectivity index is 1.62. The maximum atomic E-state index is 12.4. The van der Waals surface area contributed by atoms with Gasteiger partial charge in [0.05, 0.1) is 6.42 Å². The summed E-state index contributed by atoms with van der Waals surface area (Å²) in [5, 5.41) is 16.0. The molecule has 2 aromatic heterocycles.